The Labute approximate surface area is 69.4 Å². The van der Waals surface area contributed by atoms with Gasteiger partial charge in [0, 0.05) is 0 Å². The van der Waals surface area contributed by atoms with Gasteiger partial charge >= 0.3 is 0 Å². The molecule has 0 aromatic heterocycles. The van der Waals surface area contributed by atoms with Crippen molar-refractivity contribution in [2.75, 3.05) is 0 Å². The number of hydrogen-bond acceptors (Lipinski definition) is 0. The molecule has 4 rings (SSSR count). The summed E-state index contributed by atoms with van der Waals surface area (Å²) in [6.45, 7) is 5.01. The van der Waals surface area contributed by atoms with Crippen LogP contribution in [0.15, 0.2) is 0 Å². The number of rotatable bonds is 0. The first-order valence-electron chi connectivity index (χ1n) is 5.15. The largest absolute Gasteiger partial charge is 0.0594 e. The van der Waals surface area contributed by atoms with Crippen molar-refractivity contribution in [1.29, 1.82) is 0 Å². The third-order valence-corrected chi connectivity index (χ3v) is 5.09. The van der Waals surface area contributed by atoms with Gasteiger partial charge in [-0.15, -0.1) is 0 Å². The van der Waals surface area contributed by atoms with Gasteiger partial charge < -0.3 is 0 Å². The first-order valence-corrected chi connectivity index (χ1v) is 5.15. The highest BCUT2D eigenvalue weighted by molar-refractivity contribution is 5.14. The van der Waals surface area contributed by atoms with E-state index in [-0.39, 0.29) is 0 Å². The summed E-state index contributed by atoms with van der Waals surface area (Å²) in [5.74, 6) is 2.22. The molecule has 0 heterocycles. The van der Waals surface area contributed by atoms with Crippen LogP contribution in [0.4, 0.5) is 0 Å². The molecule has 1 spiro atoms. The predicted octanol–water partition coefficient (Wildman–Crippen LogP) is 3.22. The average Bonchev–Trinajstić information content (AvgIpc) is 2.69. The molecular formula is C11H18. The summed E-state index contributed by atoms with van der Waals surface area (Å²) < 4.78 is 0. The Hall–Kier alpha value is 0. The van der Waals surface area contributed by atoms with Gasteiger partial charge in [-0.25, -0.2) is 0 Å². The summed E-state index contributed by atoms with van der Waals surface area (Å²) in [6.07, 6.45) is 7.82. The van der Waals surface area contributed by atoms with Crippen LogP contribution in [0.2, 0.25) is 0 Å². The van der Waals surface area contributed by atoms with Crippen LogP contribution in [-0.4, -0.2) is 0 Å². The number of fused-ring (bicyclic) bond motifs is 1. The molecule has 0 aromatic rings. The van der Waals surface area contributed by atoms with Crippen LogP contribution in [0.3, 0.4) is 0 Å². The Morgan fingerprint density at radius 2 is 1.82 bits per heavy atom. The van der Waals surface area contributed by atoms with E-state index in [1.807, 2.05) is 0 Å². The molecule has 0 radical (unpaired) electrons. The van der Waals surface area contributed by atoms with Crippen molar-refractivity contribution in [3.63, 3.8) is 0 Å². The summed E-state index contributed by atoms with van der Waals surface area (Å²) in [6, 6.07) is 0. The van der Waals surface area contributed by atoms with Crippen LogP contribution >= 0.6 is 0 Å². The zero-order valence-electron chi connectivity index (χ0n) is 7.69. The van der Waals surface area contributed by atoms with E-state index in [9.17, 15) is 0 Å². The molecule has 2 bridgehead atoms. The van der Waals surface area contributed by atoms with Gasteiger partial charge in [-0.1, -0.05) is 13.8 Å². The lowest BCUT2D eigenvalue weighted by Gasteiger charge is -2.61. The first-order chi connectivity index (χ1) is 5.15. The van der Waals surface area contributed by atoms with Gasteiger partial charge in [0.1, 0.15) is 0 Å². The molecular weight excluding hydrogens is 132 g/mol. The zero-order chi connectivity index (χ0) is 7.69. The fraction of sp³-hybridized carbons (Fsp3) is 1.00. The fourth-order valence-corrected chi connectivity index (χ4v) is 3.94. The zero-order valence-corrected chi connectivity index (χ0v) is 7.69. The van der Waals surface area contributed by atoms with E-state index in [0.717, 1.165) is 22.7 Å². The van der Waals surface area contributed by atoms with Crippen molar-refractivity contribution in [2.24, 2.45) is 22.7 Å². The molecule has 11 heavy (non-hydrogen) atoms. The van der Waals surface area contributed by atoms with Gasteiger partial charge in [-0.3, -0.25) is 0 Å². The monoisotopic (exact) mass is 150 g/mol. The predicted molar refractivity (Wildman–Crippen MR) is 46.3 cm³/mol. The number of hydrogen-bond donors (Lipinski definition) is 0. The van der Waals surface area contributed by atoms with E-state index in [1.54, 1.807) is 32.1 Å². The smallest absolute Gasteiger partial charge is 0.0263 e. The second-order valence-corrected chi connectivity index (χ2v) is 5.71. The Kier molecular flexibility index (Phi) is 0.906. The van der Waals surface area contributed by atoms with E-state index in [0.29, 0.717) is 0 Å². The Morgan fingerprint density at radius 3 is 2.18 bits per heavy atom. The lowest BCUT2D eigenvalue weighted by Crippen LogP contribution is -2.53. The van der Waals surface area contributed by atoms with Crippen molar-refractivity contribution >= 4 is 0 Å². The maximum atomic E-state index is 2.51. The van der Waals surface area contributed by atoms with Crippen molar-refractivity contribution in [1.82, 2.24) is 0 Å². The molecule has 0 nitrogen and oxygen atoms in total. The maximum Gasteiger partial charge on any atom is -0.0263 e. The van der Waals surface area contributed by atoms with Crippen LogP contribution in [0.1, 0.15) is 46.0 Å². The van der Waals surface area contributed by atoms with Gasteiger partial charge in [-0.05, 0) is 54.8 Å². The highest BCUT2D eigenvalue weighted by Crippen LogP contribution is 2.74. The lowest BCUT2D eigenvalue weighted by atomic mass is 9.44. The van der Waals surface area contributed by atoms with E-state index in [1.165, 1.54) is 0 Å². The van der Waals surface area contributed by atoms with Gasteiger partial charge in [0.15, 0.2) is 0 Å². The van der Waals surface area contributed by atoms with Gasteiger partial charge in [0.05, 0.1) is 0 Å². The second kappa shape index (κ2) is 1.53. The molecule has 0 saturated heterocycles. The molecule has 0 aromatic carbocycles. The van der Waals surface area contributed by atoms with Gasteiger partial charge in [0.25, 0.3) is 0 Å². The first kappa shape index (κ1) is 6.51. The van der Waals surface area contributed by atoms with E-state index < -0.39 is 0 Å². The standard InChI is InChI=1S/C11H18/c1-10(2)8-3-4-11(5-6-11)9(10)7-8/h8-9H,3-7H2,1-2H3. The minimum absolute atomic E-state index is 0.731. The van der Waals surface area contributed by atoms with Crippen molar-refractivity contribution in [3.8, 4) is 0 Å². The third kappa shape index (κ3) is 0.588. The highest BCUT2D eigenvalue weighted by Gasteiger charge is 2.65. The topological polar surface area (TPSA) is 0 Å². The summed E-state index contributed by atoms with van der Waals surface area (Å²) in [4.78, 5) is 0. The Bertz CT molecular complexity index is 194. The normalized spacial score (nSPS) is 48.5. The summed E-state index contributed by atoms with van der Waals surface area (Å²) in [7, 11) is 0. The minimum atomic E-state index is 0.731. The SMILES string of the molecule is CC1(C)C2CCC3(CC3)C1C2. The summed E-state index contributed by atoms with van der Waals surface area (Å²) >= 11 is 0. The van der Waals surface area contributed by atoms with Crippen LogP contribution < -0.4 is 0 Å². The van der Waals surface area contributed by atoms with Crippen molar-refractivity contribution in [2.45, 2.75) is 46.0 Å². The molecule has 0 N–H and O–H groups in total. The molecule has 0 amide bonds. The third-order valence-electron chi connectivity index (χ3n) is 5.09. The molecule has 0 heteroatoms. The molecule has 2 atom stereocenters. The van der Waals surface area contributed by atoms with Gasteiger partial charge in [-0.2, -0.15) is 0 Å². The second-order valence-electron chi connectivity index (χ2n) is 5.71. The molecule has 4 fully saturated rings. The fourth-order valence-electron chi connectivity index (χ4n) is 3.94. The minimum Gasteiger partial charge on any atom is -0.0594 e. The van der Waals surface area contributed by atoms with E-state index >= 15 is 0 Å². The lowest BCUT2D eigenvalue weighted by molar-refractivity contribution is -0.116. The molecule has 4 saturated carbocycles. The Morgan fingerprint density at radius 1 is 1.09 bits per heavy atom. The summed E-state index contributed by atoms with van der Waals surface area (Å²) in [5, 5.41) is 0. The quantitative estimate of drug-likeness (QED) is 0.497. The van der Waals surface area contributed by atoms with Gasteiger partial charge in [0.2, 0.25) is 0 Å². The van der Waals surface area contributed by atoms with Crippen molar-refractivity contribution < 1.29 is 0 Å². The van der Waals surface area contributed by atoms with Crippen LogP contribution in [0, 0.1) is 22.7 Å². The maximum absolute atomic E-state index is 2.51. The molecule has 2 unspecified atom stereocenters. The molecule has 4 aliphatic carbocycles. The van der Waals surface area contributed by atoms with E-state index in [4.69, 9.17) is 0 Å². The highest BCUT2D eigenvalue weighted by atomic mass is 14.7. The molecule has 0 aliphatic heterocycles. The van der Waals surface area contributed by atoms with Crippen LogP contribution in [-0.2, 0) is 0 Å². The molecule has 4 aliphatic rings. The van der Waals surface area contributed by atoms with E-state index in [2.05, 4.69) is 13.8 Å². The van der Waals surface area contributed by atoms with Crippen molar-refractivity contribution in [3.05, 3.63) is 0 Å². The Balaban J connectivity index is 1.94. The summed E-state index contributed by atoms with van der Waals surface area (Å²) in [5.41, 5.74) is 1.62. The molecule has 62 valence electrons. The average molecular weight is 150 g/mol. The van der Waals surface area contributed by atoms with Crippen LogP contribution in [0.5, 0.6) is 0 Å². The van der Waals surface area contributed by atoms with Crippen LogP contribution in [0.25, 0.3) is 0 Å².